The highest BCUT2D eigenvalue weighted by atomic mass is 35.5. The normalized spacial score (nSPS) is 12.7. The standard InChI is InChI=1S/C13H15Cl2NO2/c1-2-10(17)8-16-12(18)7-6-9-4-3-5-11(14)13(9)15/h3-7,10,17H,2,8H2,1H3,(H,16,18)/b7-6+. The van der Waals surface area contributed by atoms with Gasteiger partial charge in [-0.1, -0.05) is 42.3 Å². The van der Waals surface area contributed by atoms with Crippen molar-refractivity contribution < 1.29 is 9.90 Å². The fourth-order valence-electron chi connectivity index (χ4n) is 1.24. The average molecular weight is 288 g/mol. The molecule has 0 saturated carbocycles. The van der Waals surface area contributed by atoms with Crippen molar-refractivity contribution in [2.75, 3.05) is 6.54 Å². The highest BCUT2D eigenvalue weighted by molar-refractivity contribution is 6.42. The number of rotatable bonds is 5. The van der Waals surface area contributed by atoms with Gasteiger partial charge in [-0.05, 0) is 24.1 Å². The average Bonchev–Trinajstić information content (AvgIpc) is 2.37. The van der Waals surface area contributed by atoms with Crippen LogP contribution in [-0.4, -0.2) is 23.7 Å². The van der Waals surface area contributed by atoms with Gasteiger partial charge in [0.25, 0.3) is 0 Å². The van der Waals surface area contributed by atoms with Crippen LogP contribution in [0.15, 0.2) is 24.3 Å². The van der Waals surface area contributed by atoms with Crippen LogP contribution >= 0.6 is 23.2 Å². The third-order valence-electron chi connectivity index (χ3n) is 2.38. The summed E-state index contributed by atoms with van der Waals surface area (Å²) in [5.74, 6) is -0.279. The maximum absolute atomic E-state index is 11.4. The van der Waals surface area contributed by atoms with E-state index in [4.69, 9.17) is 23.2 Å². The molecule has 0 spiro atoms. The van der Waals surface area contributed by atoms with E-state index in [9.17, 15) is 9.90 Å². The Labute approximate surface area is 116 Å². The van der Waals surface area contributed by atoms with Crippen LogP contribution in [0.2, 0.25) is 10.0 Å². The molecule has 0 heterocycles. The summed E-state index contributed by atoms with van der Waals surface area (Å²) in [5, 5.41) is 12.7. The molecule has 1 unspecified atom stereocenters. The number of carbonyl (C=O) groups is 1. The second-order valence-corrected chi connectivity index (χ2v) is 4.57. The minimum atomic E-state index is -0.517. The van der Waals surface area contributed by atoms with E-state index in [1.807, 2.05) is 6.92 Å². The molecule has 1 rings (SSSR count). The van der Waals surface area contributed by atoms with Gasteiger partial charge in [-0.2, -0.15) is 0 Å². The molecule has 0 saturated heterocycles. The first-order chi connectivity index (χ1) is 8.54. The Morgan fingerprint density at radius 1 is 1.50 bits per heavy atom. The van der Waals surface area contributed by atoms with Crippen LogP contribution in [0, 0.1) is 0 Å². The fourth-order valence-corrected chi connectivity index (χ4v) is 1.61. The van der Waals surface area contributed by atoms with Crippen molar-refractivity contribution in [1.82, 2.24) is 5.32 Å². The first-order valence-electron chi connectivity index (χ1n) is 5.62. The summed E-state index contributed by atoms with van der Waals surface area (Å²) in [6, 6.07) is 5.20. The lowest BCUT2D eigenvalue weighted by atomic mass is 10.2. The second-order valence-electron chi connectivity index (χ2n) is 3.78. The molecule has 0 radical (unpaired) electrons. The molecule has 0 aliphatic heterocycles. The van der Waals surface area contributed by atoms with Crippen molar-refractivity contribution in [3.05, 3.63) is 39.9 Å². The molecule has 0 aliphatic rings. The topological polar surface area (TPSA) is 49.3 Å². The monoisotopic (exact) mass is 287 g/mol. The number of nitrogens with one attached hydrogen (secondary N) is 1. The smallest absolute Gasteiger partial charge is 0.244 e. The summed E-state index contributed by atoms with van der Waals surface area (Å²) in [7, 11) is 0. The Kier molecular flexibility index (Phi) is 6.19. The Balaban J connectivity index is 2.58. The predicted octanol–water partition coefficient (Wildman–Crippen LogP) is 2.89. The molecule has 0 fully saturated rings. The molecule has 0 bridgehead atoms. The molecule has 1 amide bonds. The van der Waals surface area contributed by atoms with Crippen molar-refractivity contribution >= 4 is 35.2 Å². The fraction of sp³-hybridized carbons (Fsp3) is 0.308. The van der Waals surface area contributed by atoms with Crippen LogP contribution < -0.4 is 5.32 Å². The zero-order chi connectivity index (χ0) is 13.5. The highest BCUT2D eigenvalue weighted by Gasteiger charge is 2.03. The Bertz CT molecular complexity index is 447. The largest absolute Gasteiger partial charge is 0.391 e. The SMILES string of the molecule is CCC(O)CNC(=O)/C=C/c1cccc(Cl)c1Cl. The van der Waals surface area contributed by atoms with Crippen LogP contribution in [0.5, 0.6) is 0 Å². The number of amides is 1. The lowest BCUT2D eigenvalue weighted by molar-refractivity contribution is -0.116. The minimum Gasteiger partial charge on any atom is -0.391 e. The summed E-state index contributed by atoms with van der Waals surface area (Å²) >= 11 is 11.8. The van der Waals surface area contributed by atoms with Crippen LogP contribution in [0.25, 0.3) is 6.08 Å². The summed E-state index contributed by atoms with van der Waals surface area (Å²) in [6.45, 7) is 2.08. The zero-order valence-corrected chi connectivity index (χ0v) is 11.5. The quantitative estimate of drug-likeness (QED) is 0.818. The third kappa shape index (κ3) is 4.69. The van der Waals surface area contributed by atoms with E-state index in [0.29, 0.717) is 22.0 Å². The number of hydrogen-bond donors (Lipinski definition) is 2. The lowest BCUT2D eigenvalue weighted by Gasteiger charge is -2.07. The van der Waals surface area contributed by atoms with Gasteiger partial charge in [0.1, 0.15) is 0 Å². The van der Waals surface area contributed by atoms with Gasteiger partial charge in [-0.15, -0.1) is 0 Å². The highest BCUT2D eigenvalue weighted by Crippen LogP contribution is 2.26. The van der Waals surface area contributed by atoms with Gasteiger partial charge >= 0.3 is 0 Å². The van der Waals surface area contributed by atoms with Crippen LogP contribution in [0.3, 0.4) is 0 Å². The molecule has 5 heteroatoms. The van der Waals surface area contributed by atoms with E-state index in [0.717, 1.165) is 0 Å². The van der Waals surface area contributed by atoms with Gasteiger partial charge in [-0.3, -0.25) is 4.79 Å². The van der Waals surface area contributed by atoms with Gasteiger partial charge in [0.05, 0.1) is 16.1 Å². The number of benzene rings is 1. The van der Waals surface area contributed by atoms with Crippen molar-refractivity contribution in [3.63, 3.8) is 0 Å². The maximum atomic E-state index is 11.4. The second kappa shape index (κ2) is 7.41. The number of carbonyl (C=O) groups excluding carboxylic acids is 1. The van der Waals surface area contributed by atoms with Crippen LogP contribution in [0.4, 0.5) is 0 Å². The minimum absolute atomic E-state index is 0.239. The summed E-state index contributed by atoms with van der Waals surface area (Å²) < 4.78 is 0. The van der Waals surface area contributed by atoms with E-state index < -0.39 is 6.10 Å². The van der Waals surface area contributed by atoms with Crippen LogP contribution in [0.1, 0.15) is 18.9 Å². The molecule has 2 N–H and O–H groups in total. The Morgan fingerprint density at radius 3 is 2.89 bits per heavy atom. The predicted molar refractivity (Wildman–Crippen MR) is 74.8 cm³/mol. The van der Waals surface area contributed by atoms with Gasteiger partial charge in [0, 0.05) is 12.6 Å². The summed E-state index contributed by atoms with van der Waals surface area (Å²) in [6.07, 6.45) is 3.03. The Hall–Kier alpha value is -1.03. The molecule has 0 aliphatic carbocycles. The number of aliphatic hydroxyl groups is 1. The summed E-state index contributed by atoms with van der Waals surface area (Å²) in [5.41, 5.74) is 0.676. The number of aliphatic hydroxyl groups excluding tert-OH is 1. The molecule has 3 nitrogen and oxygen atoms in total. The first-order valence-corrected chi connectivity index (χ1v) is 6.38. The van der Waals surface area contributed by atoms with Gasteiger partial charge in [0.2, 0.25) is 5.91 Å². The van der Waals surface area contributed by atoms with E-state index in [-0.39, 0.29) is 12.5 Å². The van der Waals surface area contributed by atoms with Crippen molar-refractivity contribution in [2.24, 2.45) is 0 Å². The van der Waals surface area contributed by atoms with Gasteiger partial charge in [0.15, 0.2) is 0 Å². The van der Waals surface area contributed by atoms with Gasteiger partial charge < -0.3 is 10.4 Å². The molecule has 98 valence electrons. The molecule has 18 heavy (non-hydrogen) atoms. The molecular weight excluding hydrogens is 273 g/mol. The van der Waals surface area contributed by atoms with Crippen molar-refractivity contribution in [3.8, 4) is 0 Å². The van der Waals surface area contributed by atoms with E-state index in [1.165, 1.54) is 6.08 Å². The van der Waals surface area contributed by atoms with Crippen molar-refractivity contribution in [2.45, 2.75) is 19.4 Å². The van der Waals surface area contributed by atoms with Crippen LogP contribution in [-0.2, 0) is 4.79 Å². The van der Waals surface area contributed by atoms with Crippen molar-refractivity contribution in [1.29, 1.82) is 0 Å². The molecule has 1 aromatic carbocycles. The maximum Gasteiger partial charge on any atom is 0.244 e. The van der Waals surface area contributed by atoms with E-state index in [2.05, 4.69) is 5.32 Å². The zero-order valence-electron chi connectivity index (χ0n) is 9.99. The molecule has 0 aromatic heterocycles. The molecule has 1 atom stereocenters. The first kappa shape index (κ1) is 15.0. The molecular formula is C13H15Cl2NO2. The number of hydrogen-bond acceptors (Lipinski definition) is 2. The molecule has 1 aromatic rings. The van der Waals surface area contributed by atoms with E-state index >= 15 is 0 Å². The van der Waals surface area contributed by atoms with E-state index in [1.54, 1.807) is 24.3 Å². The third-order valence-corrected chi connectivity index (χ3v) is 3.21. The Morgan fingerprint density at radius 2 is 2.22 bits per heavy atom. The lowest BCUT2D eigenvalue weighted by Crippen LogP contribution is -2.30. The summed E-state index contributed by atoms with van der Waals surface area (Å²) in [4.78, 5) is 11.4. The number of halogens is 2. The van der Waals surface area contributed by atoms with Gasteiger partial charge in [-0.25, -0.2) is 0 Å².